The van der Waals surface area contributed by atoms with Crippen LogP contribution in [0.3, 0.4) is 0 Å². The molecule has 0 unspecified atom stereocenters. The Labute approximate surface area is 176 Å². The van der Waals surface area contributed by atoms with Gasteiger partial charge < -0.3 is 10.1 Å². The van der Waals surface area contributed by atoms with Crippen LogP contribution in [0.4, 0.5) is 0 Å². The fourth-order valence-electron chi connectivity index (χ4n) is 3.18. The maximum atomic E-state index is 12.8. The highest BCUT2D eigenvalue weighted by atomic mass is 35.5. The number of rotatable bonds is 7. The van der Waals surface area contributed by atoms with Gasteiger partial charge in [-0.05, 0) is 55.2 Å². The maximum Gasteiger partial charge on any atom is 0.251 e. The van der Waals surface area contributed by atoms with Gasteiger partial charge >= 0.3 is 0 Å². The molecule has 1 aliphatic rings. The summed E-state index contributed by atoms with van der Waals surface area (Å²) in [6, 6.07) is 12.3. The van der Waals surface area contributed by atoms with Gasteiger partial charge in [0.15, 0.2) is 0 Å². The number of ether oxygens (including phenoxy) is 1. The fourth-order valence-corrected chi connectivity index (χ4v) is 4.74. The Morgan fingerprint density at radius 3 is 2.52 bits per heavy atom. The molecule has 1 heterocycles. The highest BCUT2D eigenvalue weighted by Crippen LogP contribution is 2.20. The predicted molar refractivity (Wildman–Crippen MR) is 113 cm³/mol. The second kappa shape index (κ2) is 9.71. The van der Waals surface area contributed by atoms with Crippen LogP contribution >= 0.6 is 11.6 Å². The molecule has 0 bridgehead atoms. The van der Waals surface area contributed by atoms with Gasteiger partial charge in [0.05, 0.1) is 18.1 Å². The van der Waals surface area contributed by atoms with Gasteiger partial charge in [-0.1, -0.05) is 29.8 Å². The van der Waals surface area contributed by atoms with E-state index in [1.54, 1.807) is 19.1 Å². The van der Waals surface area contributed by atoms with Crippen molar-refractivity contribution in [2.75, 3.05) is 32.8 Å². The third kappa shape index (κ3) is 5.57. The van der Waals surface area contributed by atoms with Crippen LogP contribution in [0.15, 0.2) is 47.4 Å². The van der Waals surface area contributed by atoms with Crippen molar-refractivity contribution in [2.24, 2.45) is 0 Å². The average Bonchev–Trinajstić information content (AvgIpc) is 2.73. The number of hydrogen-bond acceptors (Lipinski definition) is 4. The summed E-state index contributed by atoms with van der Waals surface area (Å²) in [6.07, 6.45) is 1.60. The number of halogens is 1. The summed E-state index contributed by atoms with van der Waals surface area (Å²) >= 11 is 5.88. The van der Waals surface area contributed by atoms with Gasteiger partial charge in [0, 0.05) is 30.2 Å². The highest BCUT2D eigenvalue weighted by Gasteiger charge is 2.27. The number of nitrogens with zero attached hydrogens (tertiary/aromatic N) is 1. The summed E-state index contributed by atoms with van der Waals surface area (Å²) in [6.45, 7) is 3.71. The van der Waals surface area contributed by atoms with Gasteiger partial charge in [-0.3, -0.25) is 4.79 Å². The zero-order chi connectivity index (χ0) is 20.9. The molecule has 0 saturated carbocycles. The SMILES string of the molecule is Cc1ccc(S(=O)(=O)N2CCOCC2)cc1C(=O)NCCCc1ccc(Cl)cc1. The normalized spacial score (nSPS) is 15.2. The first-order valence-electron chi connectivity index (χ1n) is 9.59. The van der Waals surface area contributed by atoms with Crippen LogP contribution in [0.2, 0.25) is 5.02 Å². The maximum absolute atomic E-state index is 12.8. The molecule has 29 heavy (non-hydrogen) atoms. The molecule has 0 spiro atoms. The van der Waals surface area contributed by atoms with E-state index in [1.165, 1.54) is 10.4 Å². The van der Waals surface area contributed by atoms with Crippen molar-refractivity contribution in [3.8, 4) is 0 Å². The molecule has 2 aromatic rings. The van der Waals surface area contributed by atoms with E-state index in [-0.39, 0.29) is 10.8 Å². The molecular weight excluding hydrogens is 412 g/mol. The minimum atomic E-state index is -3.64. The minimum absolute atomic E-state index is 0.135. The van der Waals surface area contributed by atoms with Crippen LogP contribution in [0, 0.1) is 6.92 Å². The van der Waals surface area contributed by atoms with Crippen molar-refractivity contribution < 1.29 is 17.9 Å². The topological polar surface area (TPSA) is 75.7 Å². The van der Waals surface area contributed by atoms with Crippen LogP contribution in [-0.4, -0.2) is 51.5 Å². The average molecular weight is 437 g/mol. The van der Waals surface area contributed by atoms with Crippen LogP contribution in [0.1, 0.15) is 27.9 Å². The number of nitrogens with one attached hydrogen (secondary N) is 1. The highest BCUT2D eigenvalue weighted by molar-refractivity contribution is 7.89. The predicted octanol–water partition coefficient (Wildman–Crippen LogP) is 3.03. The molecule has 0 aliphatic carbocycles. The van der Waals surface area contributed by atoms with Gasteiger partial charge in [-0.2, -0.15) is 4.31 Å². The Morgan fingerprint density at radius 2 is 1.83 bits per heavy atom. The zero-order valence-electron chi connectivity index (χ0n) is 16.4. The Kier molecular flexibility index (Phi) is 7.29. The van der Waals surface area contributed by atoms with Gasteiger partial charge in [-0.15, -0.1) is 0 Å². The Hall–Kier alpha value is -1.93. The lowest BCUT2D eigenvalue weighted by Crippen LogP contribution is -2.40. The van der Waals surface area contributed by atoms with Gasteiger partial charge in [0.1, 0.15) is 0 Å². The van der Waals surface area contributed by atoms with Crippen molar-refractivity contribution in [2.45, 2.75) is 24.7 Å². The summed E-state index contributed by atoms with van der Waals surface area (Å²) < 4.78 is 32.3. The molecule has 1 amide bonds. The first-order chi connectivity index (χ1) is 13.9. The van der Waals surface area contributed by atoms with E-state index in [9.17, 15) is 13.2 Å². The molecule has 6 nitrogen and oxygen atoms in total. The van der Waals surface area contributed by atoms with Crippen LogP contribution in [0.5, 0.6) is 0 Å². The molecule has 0 aromatic heterocycles. The second-order valence-corrected chi connectivity index (χ2v) is 9.35. The lowest BCUT2D eigenvalue weighted by atomic mass is 10.1. The Bertz CT molecular complexity index is 955. The quantitative estimate of drug-likeness (QED) is 0.677. The molecule has 1 N–H and O–H groups in total. The summed E-state index contributed by atoms with van der Waals surface area (Å²) in [4.78, 5) is 12.8. The van der Waals surface area contributed by atoms with Crippen molar-refractivity contribution in [1.82, 2.24) is 9.62 Å². The number of aryl methyl sites for hydroxylation is 2. The van der Waals surface area contributed by atoms with Gasteiger partial charge in [0.2, 0.25) is 10.0 Å². The third-order valence-electron chi connectivity index (χ3n) is 4.90. The van der Waals surface area contributed by atoms with Gasteiger partial charge in [-0.25, -0.2) is 8.42 Å². The smallest absolute Gasteiger partial charge is 0.251 e. The molecule has 156 valence electrons. The third-order valence-corrected chi connectivity index (χ3v) is 7.05. The monoisotopic (exact) mass is 436 g/mol. The van der Waals surface area contributed by atoms with E-state index in [0.717, 1.165) is 24.0 Å². The van der Waals surface area contributed by atoms with E-state index in [1.807, 2.05) is 24.3 Å². The van der Waals surface area contributed by atoms with E-state index in [0.29, 0.717) is 43.4 Å². The summed E-state index contributed by atoms with van der Waals surface area (Å²) in [7, 11) is -3.64. The number of hydrogen-bond donors (Lipinski definition) is 1. The van der Waals surface area contributed by atoms with E-state index in [2.05, 4.69) is 5.32 Å². The van der Waals surface area contributed by atoms with E-state index in [4.69, 9.17) is 16.3 Å². The molecule has 1 saturated heterocycles. The first kappa shape index (κ1) is 21.8. The second-order valence-electron chi connectivity index (χ2n) is 6.98. The summed E-state index contributed by atoms with van der Waals surface area (Å²) in [5.74, 6) is -0.266. The van der Waals surface area contributed by atoms with Crippen molar-refractivity contribution in [3.63, 3.8) is 0 Å². The summed E-state index contributed by atoms with van der Waals surface area (Å²) in [5, 5.41) is 3.58. The lowest BCUT2D eigenvalue weighted by molar-refractivity contribution is 0.0730. The lowest BCUT2D eigenvalue weighted by Gasteiger charge is -2.26. The number of amides is 1. The van der Waals surface area contributed by atoms with Crippen LogP contribution in [-0.2, 0) is 21.2 Å². The van der Waals surface area contributed by atoms with Crippen LogP contribution < -0.4 is 5.32 Å². The number of carbonyl (C=O) groups excluding carboxylic acids is 1. The number of benzene rings is 2. The fraction of sp³-hybridized carbons (Fsp3) is 0.381. The van der Waals surface area contributed by atoms with Gasteiger partial charge in [0.25, 0.3) is 5.91 Å². The first-order valence-corrected chi connectivity index (χ1v) is 11.4. The van der Waals surface area contributed by atoms with Crippen molar-refractivity contribution in [1.29, 1.82) is 0 Å². The minimum Gasteiger partial charge on any atom is -0.379 e. The molecule has 2 aromatic carbocycles. The largest absolute Gasteiger partial charge is 0.379 e. The number of carbonyl (C=O) groups is 1. The molecule has 3 rings (SSSR count). The Balaban J connectivity index is 1.62. The van der Waals surface area contributed by atoms with Crippen LogP contribution in [0.25, 0.3) is 0 Å². The van der Waals surface area contributed by atoms with Crippen molar-refractivity contribution in [3.05, 3.63) is 64.2 Å². The Morgan fingerprint density at radius 1 is 1.14 bits per heavy atom. The van der Waals surface area contributed by atoms with E-state index >= 15 is 0 Å². The molecule has 0 atom stereocenters. The number of morpholine rings is 1. The zero-order valence-corrected chi connectivity index (χ0v) is 17.9. The van der Waals surface area contributed by atoms with E-state index < -0.39 is 10.0 Å². The number of sulfonamides is 1. The standard InChI is InChI=1S/C21H25ClN2O4S/c1-16-4-9-19(29(26,27)24-11-13-28-14-12-24)15-20(16)21(25)23-10-2-3-17-5-7-18(22)8-6-17/h4-9,15H,2-3,10-14H2,1H3,(H,23,25). The summed E-state index contributed by atoms with van der Waals surface area (Å²) in [5.41, 5.74) is 2.27. The molecular formula is C21H25ClN2O4S. The molecule has 1 aliphatic heterocycles. The van der Waals surface area contributed by atoms with Crippen molar-refractivity contribution >= 4 is 27.5 Å². The molecule has 0 radical (unpaired) electrons. The molecule has 8 heteroatoms. The molecule has 1 fully saturated rings.